The van der Waals surface area contributed by atoms with Gasteiger partial charge in [0, 0.05) is 33.0 Å². The molecule has 2 aromatic heterocycles. The first kappa shape index (κ1) is 20.7. The van der Waals surface area contributed by atoms with Crippen molar-refractivity contribution in [2.24, 2.45) is 7.05 Å². The van der Waals surface area contributed by atoms with Crippen molar-refractivity contribution < 1.29 is 4.39 Å². The van der Waals surface area contributed by atoms with Gasteiger partial charge in [0.15, 0.2) is 0 Å². The number of halogens is 3. The summed E-state index contributed by atoms with van der Waals surface area (Å²) in [6, 6.07) is 11.9. The minimum Gasteiger partial charge on any atom is -0.314 e. The maximum Gasteiger partial charge on any atom is 0.233 e. The van der Waals surface area contributed by atoms with E-state index in [2.05, 4.69) is 15.2 Å². The summed E-state index contributed by atoms with van der Waals surface area (Å²) in [7, 11) is 5.62. The third-order valence-electron chi connectivity index (χ3n) is 3.64. The molecule has 0 spiro atoms. The van der Waals surface area contributed by atoms with Crippen molar-refractivity contribution in [3.05, 3.63) is 54.5 Å². The first-order chi connectivity index (χ1) is 11.1. The van der Waals surface area contributed by atoms with Crippen molar-refractivity contribution in [3.8, 4) is 0 Å². The summed E-state index contributed by atoms with van der Waals surface area (Å²) in [5.41, 5.74) is 0.828. The summed E-state index contributed by atoms with van der Waals surface area (Å²) in [4.78, 5) is 8.01. The molecule has 134 valence electrons. The van der Waals surface area contributed by atoms with Gasteiger partial charge in [-0.3, -0.25) is 9.47 Å². The van der Waals surface area contributed by atoms with Gasteiger partial charge in [0.2, 0.25) is 11.9 Å². The Hall–Kier alpha value is -2.38. The topological polar surface area (TPSA) is 50.1 Å². The molecule has 0 fully saturated rings. The summed E-state index contributed by atoms with van der Waals surface area (Å²) < 4.78 is 14.9. The highest BCUT2D eigenvalue weighted by Crippen LogP contribution is 2.26. The van der Waals surface area contributed by atoms with E-state index in [-0.39, 0.29) is 30.6 Å². The monoisotopic (exact) mass is 384 g/mol. The highest BCUT2D eigenvalue weighted by Gasteiger charge is 2.18. The SMILES string of the molecule is CN(c1ccc(F)cc1)c1nnc(N(C)c2ccccn2)n1C.Cl.Cl. The van der Waals surface area contributed by atoms with Gasteiger partial charge in [0.1, 0.15) is 11.6 Å². The zero-order valence-electron chi connectivity index (χ0n) is 14.0. The Morgan fingerprint density at radius 2 is 1.48 bits per heavy atom. The quantitative estimate of drug-likeness (QED) is 0.685. The zero-order valence-corrected chi connectivity index (χ0v) is 15.6. The van der Waals surface area contributed by atoms with Crippen LogP contribution in [0, 0.1) is 5.82 Å². The van der Waals surface area contributed by atoms with Gasteiger partial charge in [-0.1, -0.05) is 6.07 Å². The Morgan fingerprint density at radius 3 is 2.04 bits per heavy atom. The molecular weight excluding hydrogens is 366 g/mol. The van der Waals surface area contributed by atoms with Crippen LogP contribution >= 0.6 is 24.8 Å². The highest BCUT2D eigenvalue weighted by molar-refractivity contribution is 5.85. The zero-order chi connectivity index (χ0) is 16.4. The molecular formula is C16H19Cl2FN6. The molecule has 0 aliphatic heterocycles. The summed E-state index contributed by atoms with van der Waals surface area (Å²) in [6.45, 7) is 0. The van der Waals surface area contributed by atoms with Gasteiger partial charge in [0.05, 0.1) is 0 Å². The molecule has 1 aromatic carbocycles. The lowest BCUT2D eigenvalue weighted by Crippen LogP contribution is -2.18. The molecule has 0 saturated carbocycles. The molecule has 0 unspecified atom stereocenters. The maximum atomic E-state index is 13.1. The van der Waals surface area contributed by atoms with Gasteiger partial charge < -0.3 is 4.90 Å². The van der Waals surface area contributed by atoms with Crippen LogP contribution in [0.5, 0.6) is 0 Å². The second-order valence-corrected chi connectivity index (χ2v) is 5.14. The fourth-order valence-corrected chi connectivity index (χ4v) is 2.33. The fourth-order valence-electron chi connectivity index (χ4n) is 2.33. The molecule has 0 saturated heterocycles. The van der Waals surface area contributed by atoms with Crippen molar-refractivity contribution in [1.29, 1.82) is 0 Å². The van der Waals surface area contributed by atoms with Gasteiger partial charge in [-0.25, -0.2) is 9.37 Å². The van der Waals surface area contributed by atoms with Crippen LogP contribution in [0.3, 0.4) is 0 Å². The van der Waals surface area contributed by atoms with Crippen LogP contribution in [0.25, 0.3) is 0 Å². The van der Waals surface area contributed by atoms with Crippen molar-refractivity contribution in [2.45, 2.75) is 0 Å². The summed E-state index contributed by atoms with van der Waals surface area (Å²) in [6.07, 6.45) is 1.73. The van der Waals surface area contributed by atoms with Crippen molar-refractivity contribution in [1.82, 2.24) is 19.7 Å². The largest absolute Gasteiger partial charge is 0.314 e. The van der Waals surface area contributed by atoms with Gasteiger partial charge in [-0.15, -0.1) is 35.0 Å². The third-order valence-corrected chi connectivity index (χ3v) is 3.64. The molecule has 3 aromatic rings. The third kappa shape index (κ3) is 4.18. The Morgan fingerprint density at radius 1 is 0.880 bits per heavy atom. The minimum atomic E-state index is -0.268. The molecule has 25 heavy (non-hydrogen) atoms. The fraction of sp³-hybridized carbons (Fsp3) is 0.188. The number of nitrogens with zero attached hydrogens (tertiary/aromatic N) is 6. The molecule has 0 atom stereocenters. The predicted octanol–water partition coefficient (Wildman–Crippen LogP) is 3.73. The Kier molecular flexibility index (Phi) is 7.14. The Bertz CT molecular complexity index is 794. The smallest absolute Gasteiger partial charge is 0.233 e. The number of aromatic nitrogens is 4. The first-order valence-corrected chi connectivity index (χ1v) is 7.11. The summed E-state index contributed by atoms with van der Waals surface area (Å²) in [5.74, 6) is 1.82. The maximum absolute atomic E-state index is 13.1. The van der Waals surface area contributed by atoms with Crippen LogP contribution in [0.1, 0.15) is 0 Å². The van der Waals surface area contributed by atoms with Crippen LogP contribution < -0.4 is 9.80 Å². The van der Waals surface area contributed by atoms with Crippen LogP contribution in [0.4, 0.5) is 27.8 Å². The molecule has 0 aliphatic rings. The van der Waals surface area contributed by atoms with Gasteiger partial charge in [-0.05, 0) is 36.4 Å². The lowest BCUT2D eigenvalue weighted by atomic mass is 10.3. The standard InChI is InChI=1S/C16H17FN6.2ClH/c1-21(13-9-7-12(17)8-10-13)15-19-20-16(23(15)3)22(2)14-6-4-5-11-18-14;;/h4-11H,1-3H3;2*1H. The lowest BCUT2D eigenvalue weighted by molar-refractivity contribution is 0.628. The van der Waals surface area contributed by atoms with E-state index in [0.29, 0.717) is 11.9 Å². The molecule has 2 heterocycles. The average Bonchev–Trinajstić information content (AvgIpc) is 2.96. The average molecular weight is 385 g/mol. The molecule has 6 nitrogen and oxygen atoms in total. The number of hydrogen-bond donors (Lipinski definition) is 0. The van der Waals surface area contributed by atoms with Gasteiger partial charge in [-0.2, -0.15) is 0 Å². The first-order valence-electron chi connectivity index (χ1n) is 7.11. The molecule has 0 aliphatic carbocycles. The normalized spacial score (nSPS) is 9.76. The van der Waals surface area contributed by atoms with E-state index in [1.165, 1.54) is 12.1 Å². The van der Waals surface area contributed by atoms with E-state index in [1.54, 1.807) is 18.3 Å². The van der Waals surface area contributed by atoms with E-state index in [9.17, 15) is 4.39 Å². The Balaban J connectivity index is 0.00000156. The predicted molar refractivity (Wildman–Crippen MR) is 102 cm³/mol. The summed E-state index contributed by atoms with van der Waals surface area (Å²) in [5, 5.41) is 8.48. The van der Waals surface area contributed by atoms with E-state index < -0.39 is 0 Å². The molecule has 0 radical (unpaired) electrons. The number of pyridine rings is 1. The molecule has 0 N–H and O–H groups in total. The molecule has 3 rings (SSSR count). The second kappa shape index (κ2) is 8.64. The van der Waals surface area contributed by atoms with E-state index in [4.69, 9.17) is 0 Å². The number of rotatable bonds is 4. The number of anilines is 4. The molecule has 0 bridgehead atoms. The van der Waals surface area contributed by atoms with Gasteiger partial charge >= 0.3 is 0 Å². The van der Waals surface area contributed by atoms with Crippen molar-refractivity contribution >= 4 is 48.2 Å². The highest BCUT2D eigenvalue weighted by atomic mass is 35.5. The number of hydrogen-bond acceptors (Lipinski definition) is 5. The van der Waals surface area contributed by atoms with E-state index in [1.807, 2.05) is 53.7 Å². The lowest BCUT2D eigenvalue weighted by Gasteiger charge is -2.20. The minimum absolute atomic E-state index is 0. The van der Waals surface area contributed by atoms with E-state index in [0.717, 1.165) is 11.5 Å². The van der Waals surface area contributed by atoms with Crippen LogP contribution in [-0.4, -0.2) is 33.8 Å². The number of benzene rings is 1. The molecule has 0 amide bonds. The van der Waals surface area contributed by atoms with Crippen LogP contribution in [0.15, 0.2) is 48.7 Å². The second-order valence-electron chi connectivity index (χ2n) is 5.14. The van der Waals surface area contributed by atoms with Gasteiger partial charge in [0.25, 0.3) is 0 Å². The van der Waals surface area contributed by atoms with Crippen LogP contribution in [-0.2, 0) is 7.05 Å². The van der Waals surface area contributed by atoms with Crippen molar-refractivity contribution in [3.63, 3.8) is 0 Å². The van der Waals surface area contributed by atoms with E-state index >= 15 is 0 Å². The molecule has 9 heteroatoms. The van der Waals surface area contributed by atoms with Crippen LogP contribution in [0.2, 0.25) is 0 Å². The summed E-state index contributed by atoms with van der Waals surface area (Å²) >= 11 is 0. The van der Waals surface area contributed by atoms with Crippen molar-refractivity contribution in [2.75, 3.05) is 23.9 Å². The Labute approximate surface area is 158 Å².